The highest BCUT2D eigenvalue weighted by atomic mass is 35.5. The predicted octanol–water partition coefficient (Wildman–Crippen LogP) is 3.95. The van der Waals surface area contributed by atoms with Crippen LogP contribution in [-0.4, -0.2) is 15.2 Å². The van der Waals surface area contributed by atoms with Crippen LogP contribution in [0.15, 0.2) is 47.3 Å². The molecule has 3 rings (SSSR count). The Bertz CT molecular complexity index is 928. The normalized spacial score (nSPS) is 10.6. The summed E-state index contributed by atoms with van der Waals surface area (Å²) in [4.78, 5) is 14.7. The molecular weight excluding hydrogens is 354 g/mol. The van der Waals surface area contributed by atoms with E-state index in [1.165, 1.54) is 12.1 Å². The van der Waals surface area contributed by atoms with E-state index < -0.39 is 5.56 Å². The van der Waals surface area contributed by atoms with Crippen molar-refractivity contribution in [3.05, 3.63) is 79.9 Å². The molecule has 5 nitrogen and oxygen atoms in total. The number of H-pyrrole nitrogens is 1. The van der Waals surface area contributed by atoms with E-state index >= 15 is 0 Å². The zero-order valence-corrected chi connectivity index (χ0v) is 13.7. The number of benzene rings is 2. The molecule has 8 heteroatoms. The van der Waals surface area contributed by atoms with Crippen molar-refractivity contribution in [2.75, 3.05) is 5.32 Å². The van der Waals surface area contributed by atoms with Gasteiger partial charge in [-0.3, -0.25) is 9.78 Å². The lowest BCUT2D eigenvalue weighted by Gasteiger charge is -2.07. The topological polar surface area (TPSA) is 70.7 Å². The largest absolute Gasteiger partial charge is 0.323 e. The fourth-order valence-electron chi connectivity index (χ4n) is 2.05. The summed E-state index contributed by atoms with van der Waals surface area (Å²) in [5.74, 6) is -0.191. The van der Waals surface area contributed by atoms with Crippen molar-refractivity contribution in [3.8, 4) is 0 Å². The minimum atomic E-state index is -0.394. The highest BCUT2D eigenvalue weighted by molar-refractivity contribution is 6.35. The zero-order valence-electron chi connectivity index (χ0n) is 12.2. The molecule has 0 saturated heterocycles. The summed E-state index contributed by atoms with van der Waals surface area (Å²) in [6.45, 7) is 0. The first-order valence-electron chi connectivity index (χ1n) is 6.93. The van der Waals surface area contributed by atoms with Gasteiger partial charge in [0.15, 0.2) is 0 Å². The number of hydrogen-bond donors (Lipinski definition) is 2. The maximum Gasteiger partial charge on any atom is 0.274 e. The Morgan fingerprint density at radius 1 is 1.08 bits per heavy atom. The Kier molecular flexibility index (Phi) is 4.78. The third-order valence-electron chi connectivity index (χ3n) is 3.23. The van der Waals surface area contributed by atoms with Gasteiger partial charge in [0.1, 0.15) is 11.5 Å². The first kappa shape index (κ1) is 16.4. The zero-order chi connectivity index (χ0) is 17.1. The van der Waals surface area contributed by atoms with E-state index in [0.717, 1.165) is 5.56 Å². The molecule has 0 bridgehead atoms. The molecule has 0 fully saturated rings. The van der Waals surface area contributed by atoms with Crippen LogP contribution in [0.4, 0.5) is 16.0 Å². The Morgan fingerprint density at radius 3 is 2.54 bits per heavy atom. The van der Waals surface area contributed by atoms with Crippen LogP contribution in [0.25, 0.3) is 0 Å². The van der Waals surface area contributed by atoms with Crippen LogP contribution in [0.5, 0.6) is 0 Å². The second-order valence-corrected chi connectivity index (χ2v) is 5.85. The minimum Gasteiger partial charge on any atom is -0.323 e. The van der Waals surface area contributed by atoms with Crippen LogP contribution in [0.2, 0.25) is 10.0 Å². The molecule has 0 spiro atoms. The second-order valence-electron chi connectivity index (χ2n) is 5.00. The lowest BCUT2D eigenvalue weighted by atomic mass is 10.1. The van der Waals surface area contributed by atoms with Gasteiger partial charge in [0.25, 0.3) is 5.56 Å². The number of hydrogen-bond acceptors (Lipinski definition) is 4. The fraction of sp³-hybridized carbons (Fsp3) is 0.0625. The van der Waals surface area contributed by atoms with E-state index in [1.54, 1.807) is 30.3 Å². The van der Waals surface area contributed by atoms with Crippen molar-refractivity contribution in [2.45, 2.75) is 6.42 Å². The molecule has 24 heavy (non-hydrogen) atoms. The number of nitrogens with one attached hydrogen (secondary N) is 2. The standard InChI is InChI=1S/C16H11Cl2FN4O/c17-10-3-6-12(18)13(8-10)20-16-21-15(24)14(22-23-16)7-9-1-4-11(19)5-2-9/h1-6,8H,7H2,(H2,20,21,23,24). The summed E-state index contributed by atoms with van der Waals surface area (Å²) in [6.07, 6.45) is 0.251. The van der Waals surface area contributed by atoms with Crippen molar-refractivity contribution in [1.82, 2.24) is 15.2 Å². The predicted molar refractivity (Wildman–Crippen MR) is 91.6 cm³/mol. The Balaban J connectivity index is 1.80. The van der Waals surface area contributed by atoms with Crippen LogP contribution >= 0.6 is 23.2 Å². The van der Waals surface area contributed by atoms with E-state index in [1.807, 2.05) is 0 Å². The molecule has 1 heterocycles. The average Bonchev–Trinajstić information content (AvgIpc) is 2.55. The molecule has 0 aliphatic rings. The van der Waals surface area contributed by atoms with E-state index in [9.17, 15) is 9.18 Å². The van der Waals surface area contributed by atoms with Crippen LogP contribution < -0.4 is 10.9 Å². The first-order valence-corrected chi connectivity index (χ1v) is 7.69. The van der Waals surface area contributed by atoms with Gasteiger partial charge in [0.05, 0.1) is 10.7 Å². The molecule has 2 N–H and O–H groups in total. The van der Waals surface area contributed by atoms with Gasteiger partial charge >= 0.3 is 0 Å². The minimum absolute atomic E-state index is 0.145. The fourth-order valence-corrected chi connectivity index (χ4v) is 2.39. The van der Waals surface area contributed by atoms with Crippen molar-refractivity contribution in [3.63, 3.8) is 0 Å². The van der Waals surface area contributed by atoms with Gasteiger partial charge in [-0.2, -0.15) is 0 Å². The van der Waals surface area contributed by atoms with Gasteiger partial charge in [0.2, 0.25) is 5.95 Å². The van der Waals surface area contributed by atoms with Gasteiger partial charge < -0.3 is 5.32 Å². The van der Waals surface area contributed by atoms with Crippen molar-refractivity contribution in [1.29, 1.82) is 0 Å². The van der Waals surface area contributed by atoms with Crippen LogP contribution in [-0.2, 0) is 6.42 Å². The summed E-state index contributed by atoms with van der Waals surface area (Å²) in [7, 11) is 0. The number of rotatable bonds is 4. The maximum absolute atomic E-state index is 12.9. The van der Waals surface area contributed by atoms with E-state index in [2.05, 4.69) is 20.5 Å². The number of aromatic amines is 1. The van der Waals surface area contributed by atoms with Crippen LogP contribution in [0.1, 0.15) is 11.3 Å². The molecule has 1 aromatic heterocycles. The molecule has 0 aliphatic carbocycles. The summed E-state index contributed by atoms with van der Waals surface area (Å²) >= 11 is 12.0. The third kappa shape index (κ3) is 3.90. The second kappa shape index (κ2) is 6.98. The number of nitrogens with zero attached hydrogens (tertiary/aromatic N) is 2. The molecule has 3 aromatic rings. The van der Waals surface area contributed by atoms with Crippen molar-refractivity contribution in [2.24, 2.45) is 0 Å². The Labute approximate surface area is 146 Å². The molecule has 0 saturated carbocycles. The van der Waals surface area contributed by atoms with Gasteiger partial charge in [-0.1, -0.05) is 35.3 Å². The molecule has 0 aliphatic heterocycles. The third-order valence-corrected chi connectivity index (χ3v) is 3.80. The van der Waals surface area contributed by atoms with Gasteiger partial charge in [-0.25, -0.2) is 4.39 Å². The highest BCUT2D eigenvalue weighted by Gasteiger charge is 2.08. The summed E-state index contributed by atoms with van der Waals surface area (Å²) in [6, 6.07) is 10.7. The van der Waals surface area contributed by atoms with E-state index in [-0.39, 0.29) is 23.9 Å². The van der Waals surface area contributed by atoms with E-state index in [4.69, 9.17) is 23.2 Å². The smallest absolute Gasteiger partial charge is 0.274 e. The number of aromatic nitrogens is 3. The van der Waals surface area contributed by atoms with E-state index in [0.29, 0.717) is 15.7 Å². The lowest BCUT2D eigenvalue weighted by molar-refractivity contribution is 0.627. The molecule has 0 unspecified atom stereocenters. The number of anilines is 2. The van der Waals surface area contributed by atoms with Gasteiger partial charge in [-0.05, 0) is 35.9 Å². The quantitative estimate of drug-likeness (QED) is 0.735. The van der Waals surface area contributed by atoms with Crippen LogP contribution in [0.3, 0.4) is 0 Å². The lowest BCUT2D eigenvalue weighted by Crippen LogP contribution is -2.19. The summed E-state index contributed by atoms with van der Waals surface area (Å²) in [5, 5.41) is 11.6. The van der Waals surface area contributed by atoms with Crippen molar-refractivity contribution >= 4 is 34.8 Å². The van der Waals surface area contributed by atoms with Gasteiger partial charge in [0, 0.05) is 11.4 Å². The van der Waals surface area contributed by atoms with Gasteiger partial charge in [-0.15, -0.1) is 10.2 Å². The Morgan fingerprint density at radius 2 is 1.83 bits per heavy atom. The molecular formula is C16H11Cl2FN4O. The number of halogens is 3. The molecule has 0 amide bonds. The molecule has 2 aromatic carbocycles. The average molecular weight is 365 g/mol. The van der Waals surface area contributed by atoms with Crippen LogP contribution in [0, 0.1) is 5.82 Å². The van der Waals surface area contributed by atoms with Crippen molar-refractivity contribution < 1.29 is 4.39 Å². The first-order chi connectivity index (χ1) is 11.5. The summed E-state index contributed by atoms with van der Waals surface area (Å²) < 4.78 is 12.9. The Hall–Kier alpha value is -2.44. The SMILES string of the molecule is O=c1[nH]c(Nc2cc(Cl)ccc2Cl)nnc1Cc1ccc(F)cc1. The monoisotopic (exact) mass is 364 g/mol. The highest BCUT2D eigenvalue weighted by Crippen LogP contribution is 2.26. The molecule has 0 radical (unpaired) electrons. The maximum atomic E-state index is 12.9. The summed E-state index contributed by atoms with van der Waals surface area (Å²) in [5.41, 5.74) is 1.09. The molecule has 0 atom stereocenters. The molecule has 122 valence electrons.